The molecule has 0 unspecified atom stereocenters. The van der Waals surface area contributed by atoms with Crippen molar-refractivity contribution in [2.24, 2.45) is 5.92 Å². The van der Waals surface area contributed by atoms with Crippen LogP contribution in [0.1, 0.15) is 39.2 Å². The van der Waals surface area contributed by atoms with E-state index in [0.717, 1.165) is 36.0 Å². The first-order valence-corrected chi connectivity index (χ1v) is 7.60. The first-order valence-electron chi connectivity index (χ1n) is 7.23. The zero-order valence-corrected chi connectivity index (χ0v) is 12.9. The molecule has 1 aliphatic carbocycles. The van der Waals surface area contributed by atoms with E-state index in [1.54, 1.807) is 6.20 Å². The molecule has 1 heterocycles. The Labute approximate surface area is 121 Å². The summed E-state index contributed by atoms with van der Waals surface area (Å²) >= 11 is 6.23. The van der Waals surface area contributed by atoms with E-state index < -0.39 is 0 Å². The molecule has 4 heteroatoms. The predicted molar refractivity (Wildman–Crippen MR) is 81.8 cm³/mol. The minimum atomic E-state index is 0.630. The van der Waals surface area contributed by atoms with Crippen molar-refractivity contribution in [1.29, 1.82) is 0 Å². The van der Waals surface area contributed by atoms with E-state index >= 15 is 0 Å². The van der Waals surface area contributed by atoms with Crippen LogP contribution in [0.15, 0.2) is 12.3 Å². The number of nitrogens with one attached hydrogen (secondary N) is 1. The second-order valence-corrected chi connectivity index (χ2v) is 6.13. The summed E-state index contributed by atoms with van der Waals surface area (Å²) in [6, 6.07) is 2.83. The van der Waals surface area contributed by atoms with Crippen molar-refractivity contribution in [3.63, 3.8) is 0 Å². The Kier molecular flexibility index (Phi) is 5.06. The highest BCUT2D eigenvalue weighted by Crippen LogP contribution is 2.24. The molecule has 1 aliphatic rings. The second-order valence-electron chi connectivity index (χ2n) is 5.72. The maximum atomic E-state index is 6.23. The number of aromatic nitrogens is 1. The SMILES string of the molecule is CCN(CC(C)C)c1cc(CNC2CC2)c(Cl)cn1. The average molecular weight is 282 g/mol. The normalized spacial score (nSPS) is 15.0. The van der Waals surface area contributed by atoms with Crippen molar-refractivity contribution in [2.45, 2.75) is 46.2 Å². The Morgan fingerprint density at radius 3 is 2.79 bits per heavy atom. The molecule has 0 aliphatic heterocycles. The summed E-state index contributed by atoms with van der Waals surface area (Å²) in [5.41, 5.74) is 1.15. The van der Waals surface area contributed by atoms with E-state index in [0.29, 0.717) is 12.0 Å². The molecule has 3 nitrogen and oxygen atoms in total. The fraction of sp³-hybridized carbons (Fsp3) is 0.667. The van der Waals surface area contributed by atoms with Crippen molar-refractivity contribution in [2.75, 3.05) is 18.0 Å². The van der Waals surface area contributed by atoms with Gasteiger partial charge in [0, 0.05) is 31.9 Å². The van der Waals surface area contributed by atoms with Gasteiger partial charge in [-0.3, -0.25) is 0 Å². The smallest absolute Gasteiger partial charge is 0.128 e. The fourth-order valence-electron chi connectivity index (χ4n) is 2.14. The maximum Gasteiger partial charge on any atom is 0.128 e. The largest absolute Gasteiger partial charge is 0.357 e. The summed E-state index contributed by atoms with van der Waals surface area (Å²) in [6.45, 7) is 9.48. The van der Waals surface area contributed by atoms with Gasteiger partial charge in [-0.2, -0.15) is 0 Å². The van der Waals surface area contributed by atoms with E-state index in [4.69, 9.17) is 11.6 Å². The molecule has 1 fully saturated rings. The summed E-state index contributed by atoms with van der Waals surface area (Å²) in [7, 11) is 0. The molecule has 19 heavy (non-hydrogen) atoms. The molecule has 1 N–H and O–H groups in total. The second kappa shape index (κ2) is 6.58. The van der Waals surface area contributed by atoms with Crippen LogP contribution in [-0.2, 0) is 6.54 Å². The minimum Gasteiger partial charge on any atom is -0.357 e. The molecule has 0 saturated heterocycles. The average Bonchev–Trinajstić information content (AvgIpc) is 3.19. The molecule has 1 aromatic heterocycles. The molecule has 0 radical (unpaired) electrons. The van der Waals surface area contributed by atoms with Gasteiger partial charge in [-0.05, 0) is 37.3 Å². The summed E-state index contributed by atoms with van der Waals surface area (Å²) in [6.07, 6.45) is 4.37. The van der Waals surface area contributed by atoms with Gasteiger partial charge in [0.05, 0.1) is 5.02 Å². The zero-order valence-electron chi connectivity index (χ0n) is 12.1. The Balaban J connectivity index is 2.08. The topological polar surface area (TPSA) is 28.2 Å². The molecule has 1 aromatic rings. The van der Waals surface area contributed by atoms with Gasteiger partial charge in [-0.1, -0.05) is 25.4 Å². The fourth-order valence-corrected chi connectivity index (χ4v) is 2.31. The van der Waals surface area contributed by atoms with Crippen LogP contribution in [0.4, 0.5) is 5.82 Å². The van der Waals surface area contributed by atoms with Gasteiger partial charge in [-0.25, -0.2) is 4.98 Å². The predicted octanol–water partition coefficient (Wildman–Crippen LogP) is 3.47. The molecular formula is C15H24ClN3. The highest BCUT2D eigenvalue weighted by atomic mass is 35.5. The molecule has 106 valence electrons. The Morgan fingerprint density at radius 2 is 2.21 bits per heavy atom. The van der Waals surface area contributed by atoms with Gasteiger partial charge in [0.15, 0.2) is 0 Å². The van der Waals surface area contributed by atoms with Crippen LogP contribution >= 0.6 is 11.6 Å². The van der Waals surface area contributed by atoms with Gasteiger partial charge in [-0.15, -0.1) is 0 Å². The molecule has 0 bridgehead atoms. The highest BCUT2D eigenvalue weighted by molar-refractivity contribution is 6.31. The van der Waals surface area contributed by atoms with Crippen molar-refractivity contribution in [3.05, 3.63) is 22.8 Å². The number of hydrogen-bond donors (Lipinski definition) is 1. The molecule has 0 atom stereocenters. The first kappa shape index (κ1) is 14.6. The van der Waals surface area contributed by atoms with Crippen molar-refractivity contribution < 1.29 is 0 Å². The molecule has 1 saturated carbocycles. The van der Waals surface area contributed by atoms with E-state index in [-0.39, 0.29) is 0 Å². The van der Waals surface area contributed by atoms with Crippen LogP contribution in [0.25, 0.3) is 0 Å². The number of pyridine rings is 1. The van der Waals surface area contributed by atoms with Crippen molar-refractivity contribution in [1.82, 2.24) is 10.3 Å². The summed E-state index contributed by atoms with van der Waals surface area (Å²) < 4.78 is 0. The summed E-state index contributed by atoms with van der Waals surface area (Å²) in [4.78, 5) is 6.78. The van der Waals surface area contributed by atoms with E-state index in [1.807, 2.05) is 0 Å². The third-order valence-corrected chi connectivity index (χ3v) is 3.71. The Morgan fingerprint density at radius 1 is 1.47 bits per heavy atom. The maximum absolute atomic E-state index is 6.23. The number of hydrogen-bond acceptors (Lipinski definition) is 3. The van der Waals surface area contributed by atoms with Crippen LogP contribution in [-0.4, -0.2) is 24.1 Å². The first-order chi connectivity index (χ1) is 9.10. The van der Waals surface area contributed by atoms with Crippen LogP contribution in [0, 0.1) is 5.92 Å². The highest BCUT2D eigenvalue weighted by Gasteiger charge is 2.20. The van der Waals surface area contributed by atoms with Gasteiger partial charge in [0.1, 0.15) is 5.82 Å². The number of rotatable bonds is 7. The number of halogens is 1. The number of anilines is 1. The lowest BCUT2D eigenvalue weighted by molar-refractivity contribution is 0.613. The van der Waals surface area contributed by atoms with Gasteiger partial charge in [0.25, 0.3) is 0 Å². The van der Waals surface area contributed by atoms with Gasteiger partial charge < -0.3 is 10.2 Å². The summed E-state index contributed by atoms with van der Waals surface area (Å²) in [5.74, 6) is 1.67. The Hall–Kier alpha value is -0.800. The van der Waals surface area contributed by atoms with Crippen LogP contribution in [0.5, 0.6) is 0 Å². The molecule has 0 amide bonds. The third kappa shape index (κ3) is 4.36. The van der Waals surface area contributed by atoms with E-state index in [2.05, 4.69) is 42.0 Å². The van der Waals surface area contributed by atoms with Crippen LogP contribution < -0.4 is 10.2 Å². The van der Waals surface area contributed by atoms with Gasteiger partial charge in [0.2, 0.25) is 0 Å². The van der Waals surface area contributed by atoms with Crippen LogP contribution in [0.3, 0.4) is 0 Å². The minimum absolute atomic E-state index is 0.630. The third-order valence-electron chi connectivity index (χ3n) is 3.37. The monoisotopic (exact) mass is 281 g/mol. The molecule has 0 aromatic carbocycles. The quantitative estimate of drug-likeness (QED) is 0.829. The van der Waals surface area contributed by atoms with Crippen molar-refractivity contribution >= 4 is 17.4 Å². The van der Waals surface area contributed by atoms with E-state index in [1.165, 1.54) is 12.8 Å². The number of nitrogens with zero attached hydrogens (tertiary/aromatic N) is 2. The lowest BCUT2D eigenvalue weighted by Crippen LogP contribution is -2.28. The van der Waals surface area contributed by atoms with Crippen molar-refractivity contribution in [3.8, 4) is 0 Å². The summed E-state index contributed by atoms with van der Waals surface area (Å²) in [5, 5.41) is 4.27. The van der Waals surface area contributed by atoms with Crippen LogP contribution in [0.2, 0.25) is 5.02 Å². The molecule has 0 spiro atoms. The van der Waals surface area contributed by atoms with Gasteiger partial charge >= 0.3 is 0 Å². The lowest BCUT2D eigenvalue weighted by Gasteiger charge is -2.24. The molecule has 2 rings (SSSR count). The molecular weight excluding hydrogens is 258 g/mol. The van der Waals surface area contributed by atoms with E-state index in [9.17, 15) is 0 Å². The lowest BCUT2D eigenvalue weighted by atomic mass is 10.2. The zero-order chi connectivity index (χ0) is 13.8. The standard InChI is InChI=1S/C15H24ClN3/c1-4-19(10-11(2)3)15-7-12(14(16)9-18-15)8-17-13-5-6-13/h7,9,11,13,17H,4-6,8,10H2,1-3H3. The Bertz CT molecular complexity index is 416.